The van der Waals surface area contributed by atoms with Crippen LogP contribution in [-0.4, -0.2) is 15.8 Å². The first-order valence-electron chi connectivity index (χ1n) is 9.57. The van der Waals surface area contributed by atoms with Crippen molar-refractivity contribution >= 4 is 17.3 Å². The molecule has 3 aromatic rings. The molecule has 0 aliphatic heterocycles. The van der Waals surface area contributed by atoms with Crippen LogP contribution in [0, 0.1) is 21.7 Å². The summed E-state index contributed by atoms with van der Waals surface area (Å²) in [5.74, 6) is -2.13. The van der Waals surface area contributed by atoms with Gasteiger partial charge < -0.3 is 10.6 Å². The molecule has 0 bridgehead atoms. The Balaban J connectivity index is 1.77. The first kappa shape index (κ1) is 21.8. The van der Waals surface area contributed by atoms with Crippen molar-refractivity contribution in [2.45, 2.75) is 25.9 Å². The van der Waals surface area contributed by atoms with E-state index in [0.29, 0.717) is 12.5 Å². The highest BCUT2D eigenvalue weighted by Gasteiger charge is 2.20. The number of nitro benzene ring substituents is 1. The molecular formula is C22H20F2N4O3. The lowest BCUT2D eigenvalue weighted by Gasteiger charge is -2.17. The van der Waals surface area contributed by atoms with Gasteiger partial charge in [0.2, 0.25) is 0 Å². The highest BCUT2D eigenvalue weighted by molar-refractivity contribution is 5.96. The van der Waals surface area contributed by atoms with Gasteiger partial charge in [-0.05, 0) is 24.1 Å². The molecule has 1 unspecified atom stereocenters. The fourth-order valence-corrected chi connectivity index (χ4v) is 3.07. The Bertz CT molecular complexity index is 1090. The van der Waals surface area contributed by atoms with Crippen molar-refractivity contribution in [3.63, 3.8) is 0 Å². The average Bonchev–Trinajstić information content (AvgIpc) is 2.77. The normalized spacial score (nSPS) is 11.6. The zero-order valence-electron chi connectivity index (χ0n) is 16.6. The van der Waals surface area contributed by atoms with E-state index in [-0.39, 0.29) is 35.2 Å². The Morgan fingerprint density at radius 1 is 1.16 bits per heavy atom. The minimum atomic E-state index is -0.863. The Labute approximate surface area is 177 Å². The molecule has 7 nitrogen and oxygen atoms in total. The van der Waals surface area contributed by atoms with Gasteiger partial charge in [0, 0.05) is 17.7 Å². The molecule has 1 atom stereocenters. The fourth-order valence-electron chi connectivity index (χ4n) is 3.07. The predicted molar refractivity (Wildman–Crippen MR) is 112 cm³/mol. The van der Waals surface area contributed by atoms with E-state index in [2.05, 4.69) is 15.6 Å². The number of pyridine rings is 1. The third-order valence-electron chi connectivity index (χ3n) is 4.70. The monoisotopic (exact) mass is 426 g/mol. The fraction of sp³-hybridized carbons (Fsp3) is 0.182. The number of nitro groups is 1. The molecule has 3 rings (SSSR count). The number of benzene rings is 2. The van der Waals surface area contributed by atoms with Gasteiger partial charge in [-0.3, -0.25) is 19.9 Å². The summed E-state index contributed by atoms with van der Waals surface area (Å²) in [4.78, 5) is 27.2. The maximum Gasteiger partial charge on any atom is 0.293 e. The number of nitrogens with one attached hydrogen (secondary N) is 2. The van der Waals surface area contributed by atoms with Gasteiger partial charge in [-0.2, -0.15) is 0 Å². The predicted octanol–water partition coefficient (Wildman–Crippen LogP) is 4.76. The molecule has 0 saturated carbocycles. The topological polar surface area (TPSA) is 97.2 Å². The Morgan fingerprint density at radius 3 is 2.55 bits per heavy atom. The highest BCUT2D eigenvalue weighted by Crippen LogP contribution is 2.27. The number of aromatic nitrogens is 1. The summed E-state index contributed by atoms with van der Waals surface area (Å²) >= 11 is 0. The molecule has 0 saturated heterocycles. The molecule has 31 heavy (non-hydrogen) atoms. The van der Waals surface area contributed by atoms with E-state index >= 15 is 0 Å². The van der Waals surface area contributed by atoms with Crippen LogP contribution in [0.4, 0.5) is 20.2 Å². The van der Waals surface area contributed by atoms with Crippen LogP contribution in [0.25, 0.3) is 0 Å². The van der Waals surface area contributed by atoms with E-state index in [1.807, 2.05) is 37.3 Å². The first-order chi connectivity index (χ1) is 14.9. The van der Waals surface area contributed by atoms with Gasteiger partial charge in [0.05, 0.1) is 29.4 Å². The zero-order valence-corrected chi connectivity index (χ0v) is 16.6. The summed E-state index contributed by atoms with van der Waals surface area (Å²) < 4.78 is 26.7. The molecule has 0 spiro atoms. The van der Waals surface area contributed by atoms with Gasteiger partial charge in [-0.1, -0.05) is 37.3 Å². The number of hydrogen-bond donors (Lipinski definition) is 2. The molecule has 1 aromatic heterocycles. The molecule has 1 amide bonds. The molecule has 0 aliphatic rings. The van der Waals surface area contributed by atoms with E-state index in [9.17, 15) is 23.7 Å². The van der Waals surface area contributed by atoms with Crippen LogP contribution in [0.5, 0.6) is 0 Å². The number of anilines is 1. The van der Waals surface area contributed by atoms with E-state index in [0.717, 1.165) is 17.8 Å². The third-order valence-corrected chi connectivity index (χ3v) is 4.70. The number of hydrogen-bond acceptors (Lipinski definition) is 5. The average molecular weight is 426 g/mol. The van der Waals surface area contributed by atoms with E-state index in [1.54, 1.807) is 0 Å². The quantitative estimate of drug-likeness (QED) is 0.400. The number of amides is 1. The van der Waals surface area contributed by atoms with Gasteiger partial charge in [-0.25, -0.2) is 8.78 Å². The largest absolute Gasteiger partial charge is 0.374 e. The SMILES string of the molecule is CCC(NC(=O)c1ccc(NCc2ncc(F)cc2F)c([N+](=O)[O-])c1)c1ccccc1. The molecule has 2 aromatic carbocycles. The van der Waals surface area contributed by atoms with Crippen molar-refractivity contribution in [1.29, 1.82) is 0 Å². The van der Waals surface area contributed by atoms with Crippen molar-refractivity contribution in [2.24, 2.45) is 0 Å². The van der Waals surface area contributed by atoms with Gasteiger partial charge in [-0.15, -0.1) is 0 Å². The molecule has 9 heteroatoms. The molecule has 0 fully saturated rings. The third kappa shape index (κ3) is 5.39. The van der Waals surface area contributed by atoms with Gasteiger partial charge in [0.1, 0.15) is 17.3 Å². The smallest absolute Gasteiger partial charge is 0.293 e. The van der Waals surface area contributed by atoms with Crippen LogP contribution in [0.15, 0.2) is 60.8 Å². The van der Waals surface area contributed by atoms with Crippen LogP contribution >= 0.6 is 0 Å². The van der Waals surface area contributed by atoms with E-state index in [4.69, 9.17) is 0 Å². The lowest BCUT2D eigenvalue weighted by atomic mass is 10.0. The van der Waals surface area contributed by atoms with Gasteiger partial charge >= 0.3 is 0 Å². The minimum Gasteiger partial charge on any atom is -0.374 e. The summed E-state index contributed by atoms with van der Waals surface area (Å²) in [5, 5.41) is 17.1. The Morgan fingerprint density at radius 2 is 1.90 bits per heavy atom. The number of nitrogens with zero attached hydrogens (tertiary/aromatic N) is 2. The van der Waals surface area contributed by atoms with Crippen molar-refractivity contribution in [3.8, 4) is 0 Å². The number of halogens is 2. The molecule has 160 valence electrons. The van der Waals surface area contributed by atoms with Crippen molar-refractivity contribution in [1.82, 2.24) is 10.3 Å². The van der Waals surface area contributed by atoms with Gasteiger partial charge in [0.15, 0.2) is 0 Å². The maximum absolute atomic E-state index is 13.7. The summed E-state index contributed by atoms with van der Waals surface area (Å²) in [6, 6.07) is 13.8. The van der Waals surface area contributed by atoms with Crippen molar-refractivity contribution < 1.29 is 18.5 Å². The number of carbonyl (C=O) groups is 1. The summed E-state index contributed by atoms with van der Waals surface area (Å²) in [7, 11) is 0. The molecule has 1 heterocycles. The van der Waals surface area contributed by atoms with Crippen LogP contribution in [-0.2, 0) is 6.54 Å². The molecule has 0 aliphatic carbocycles. The molecule has 0 radical (unpaired) electrons. The Hall–Kier alpha value is -3.88. The summed E-state index contributed by atoms with van der Waals surface area (Å²) in [6.07, 6.45) is 1.51. The maximum atomic E-state index is 13.7. The summed E-state index contributed by atoms with van der Waals surface area (Å²) in [5.41, 5.74) is 0.703. The van der Waals surface area contributed by atoms with Crippen LogP contribution in [0.2, 0.25) is 0 Å². The standard InChI is InChI=1S/C22H20F2N4O3/c1-2-18(14-6-4-3-5-7-14)27-22(29)15-8-9-19(21(10-15)28(30)31)26-13-20-17(24)11-16(23)12-25-20/h3-12,18,26H,2,13H2,1H3,(H,27,29). The Kier molecular flexibility index (Phi) is 6.86. The van der Waals surface area contributed by atoms with Crippen LogP contribution < -0.4 is 10.6 Å². The van der Waals surface area contributed by atoms with Crippen LogP contribution in [0.1, 0.15) is 41.0 Å². The number of carbonyl (C=O) groups excluding carboxylic acids is 1. The van der Waals surface area contributed by atoms with Crippen molar-refractivity contribution in [3.05, 3.63) is 99.4 Å². The molecule has 2 N–H and O–H groups in total. The van der Waals surface area contributed by atoms with Gasteiger partial charge in [0.25, 0.3) is 11.6 Å². The highest BCUT2D eigenvalue weighted by atomic mass is 19.1. The van der Waals surface area contributed by atoms with E-state index < -0.39 is 22.5 Å². The molecular weight excluding hydrogens is 406 g/mol. The van der Waals surface area contributed by atoms with Crippen LogP contribution in [0.3, 0.4) is 0 Å². The lowest BCUT2D eigenvalue weighted by molar-refractivity contribution is -0.384. The second-order valence-electron chi connectivity index (χ2n) is 6.77. The second-order valence-corrected chi connectivity index (χ2v) is 6.77. The zero-order chi connectivity index (χ0) is 22.4. The minimum absolute atomic E-state index is 0.0853. The number of rotatable bonds is 8. The van der Waals surface area contributed by atoms with E-state index in [1.165, 1.54) is 12.1 Å². The lowest BCUT2D eigenvalue weighted by Crippen LogP contribution is -2.28. The second kappa shape index (κ2) is 9.75. The first-order valence-corrected chi connectivity index (χ1v) is 9.57. The summed E-state index contributed by atoms with van der Waals surface area (Å²) in [6.45, 7) is 1.74. The van der Waals surface area contributed by atoms with Crippen molar-refractivity contribution in [2.75, 3.05) is 5.32 Å².